The second kappa shape index (κ2) is 10.1. The molecule has 0 amide bonds. The van der Waals surface area contributed by atoms with Gasteiger partial charge in [0.1, 0.15) is 5.52 Å². The zero-order chi connectivity index (χ0) is 25.1. The van der Waals surface area contributed by atoms with Crippen LogP contribution in [-0.4, -0.2) is 39.9 Å². The highest BCUT2D eigenvalue weighted by Gasteiger charge is 2.19. The molecule has 1 aliphatic carbocycles. The summed E-state index contributed by atoms with van der Waals surface area (Å²) in [5, 5.41) is 3.13. The van der Waals surface area contributed by atoms with Crippen molar-refractivity contribution in [2.45, 2.75) is 50.8 Å². The number of nitrogens with zero attached hydrogens (tertiary/aromatic N) is 4. The number of hydrogen-bond acceptors (Lipinski definition) is 8. The summed E-state index contributed by atoms with van der Waals surface area (Å²) in [4.78, 5) is 20.5. The monoisotopic (exact) mass is 507 g/mol. The van der Waals surface area contributed by atoms with Crippen molar-refractivity contribution < 1.29 is 13.2 Å². The summed E-state index contributed by atoms with van der Waals surface area (Å²) >= 11 is 0. The first kappa shape index (κ1) is 24.0. The summed E-state index contributed by atoms with van der Waals surface area (Å²) in [5.41, 5.74) is 3.84. The summed E-state index contributed by atoms with van der Waals surface area (Å²) in [5.74, 6) is 1.31. The summed E-state index contributed by atoms with van der Waals surface area (Å²) < 4.78 is 34.6. The van der Waals surface area contributed by atoms with Gasteiger partial charge in [0.15, 0.2) is 5.65 Å². The van der Waals surface area contributed by atoms with Crippen LogP contribution in [0.1, 0.15) is 43.2 Å². The molecule has 0 atom stereocenters. The van der Waals surface area contributed by atoms with E-state index in [0.29, 0.717) is 46.9 Å². The molecule has 0 unspecified atom stereocenters. The number of nitrogens with one attached hydrogen (secondary N) is 3. The molecule has 3 N–H and O–H groups in total. The summed E-state index contributed by atoms with van der Waals surface area (Å²) in [6.45, 7) is 4.24. The zero-order valence-corrected chi connectivity index (χ0v) is 21.1. The smallest absolute Gasteiger partial charge is 0.261 e. The average Bonchev–Trinajstić information content (AvgIpc) is 3.35. The molecule has 1 fully saturated rings. The van der Waals surface area contributed by atoms with Crippen molar-refractivity contribution in [2.24, 2.45) is 5.92 Å². The van der Waals surface area contributed by atoms with E-state index in [4.69, 9.17) is 4.74 Å². The number of aromatic amines is 1. The van der Waals surface area contributed by atoms with Gasteiger partial charge in [-0.05, 0) is 68.0 Å². The molecule has 0 aliphatic heterocycles. The van der Waals surface area contributed by atoms with Crippen LogP contribution in [0.2, 0.25) is 0 Å². The van der Waals surface area contributed by atoms with Crippen molar-refractivity contribution in [3.63, 3.8) is 0 Å². The number of fused-ring (bicyclic) bond motifs is 1. The predicted octanol–water partition coefficient (Wildman–Crippen LogP) is 4.87. The Morgan fingerprint density at radius 3 is 2.47 bits per heavy atom. The van der Waals surface area contributed by atoms with E-state index < -0.39 is 10.0 Å². The number of sulfonamides is 1. The Morgan fingerprint density at radius 2 is 1.75 bits per heavy atom. The first-order chi connectivity index (χ1) is 17.4. The van der Waals surface area contributed by atoms with Crippen LogP contribution in [0.25, 0.3) is 11.2 Å². The Kier molecular flexibility index (Phi) is 6.73. The normalized spacial score (nSPS) is 14.6. The highest BCUT2D eigenvalue weighted by atomic mass is 32.2. The lowest BCUT2D eigenvalue weighted by Gasteiger charge is -2.21. The average molecular weight is 508 g/mol. The quantitative estimate of drug-likeness (QED) is 0.307. The third-order valence-electron chi connectivity index (χ3n) is 6.42. The number of pyridine rings is 1. The first-order valence-electron chi connectivity index (χ1n) is 12.0. The minimum atomic E-state index is -3.77. The minimum Gasteiger partial charge on any atom is -0.476 e. The molecule has 1 saturated carbocycles. The third kappa shape index (κ3) is 5.25. The summed E-state index contributed by atoms with van der Waals surface area (Å²) in [6, 6.07) is 6.40. The summed E-state index contributed by atoms with van der Waals surface area (Å²) in [7, 11) is -3.77. The first-order valence-corrected chi connectivity index (χ1v) is 13.5. The number of aryl methyl sites for hydroxylation is 2. The van der Waals surface area contributed by atoms with Crippen LogP contribution in [0.15, 0.2) is 47.9 Å². The van der Waals surface area contributed by atoms with Crippen molar-refractivity contribution in [1.29, 1.82) is 0 Å². The second-order valence-electron chi connectivity index (χ2n) is 9.17. The van der Waals surface area contributed by atoms with Crippen LogP contribution in [-0.2, 0) is 10.0 Å². The fourth-order valence-electron chi connectivity index (χ4n) is 4.42. The van der Waals surface area contributed by atoms with E-state index in [1.54, 1.807) is 30.9 Å². The number of rotatable bonds is 8. The fourth-order valence-corrected chi connectivity index (χ4v) is 5.62. The number of hydrogen-bond donors (Lipinski definition) is 3. The van der Waals surface area contributed by atoms with Gasteiger partial charge in [0.25, 0.3) is 10.0 Å². The fraction of sp³-hybridized carbons (Fsp3) is 0.360. The molecule has 0 bridgehead atoms. The van der Waals surface area contributed by atoms with Gasteiger partial charge in [-0.2, -0.15) is 9.97 Å². The molecule has 10 nitrogen and oxygen atoms in total. The van der Waals surface area contributed by atoms with Gasteiger partial charge in [-0.15, -0.1) is 0 Å². The molecule has 4 aromatic rings. The van der Waals surface area contributed by atoms with Crippen molar-refractivity contribution >= 4 is 38.5 Å². The maximum Gasteiger partial charge on any atom is 0.261 e. The van der Waals surface area contributed by atoms with Crippen LogP contribution in [0, 0.1) is 19.8 Å². The molecule has 3 aromatic heterocycles. The SMILES string of the molecule is Cc1cncc(C)c1NS(=O)(=O)c1ccc(Nc2nc(OCC3CCCCC3)c3[nH]cnc3n2)cc1. The Morgan fingerprint density at radius 1 is 1.03 bits per heavy atom. The Hall–Kier alpha value is -3.73. The van der Waals surface area contributed by atoms with E-state index in [1.165, 1.54) is 44.2 Å². The maximum absolute atomic E-state index is 12.9. The molecule has 1 aliphatic rings. The Labute approximate surface area is 210 Å². The van der Waals surface area contributed by atoms with E-state index in [0.717, 1.165) is 11.1 Å². The lowest BCUT2D eigenvalue weighted by Crippen LogP contribution is -2.16. The maximum atomic E-state index is 12.9. The van der Waals surface area contributed by atoms with Gasteiger partial charge in [-0.25, -0.2) is 13.4 Å². The van der Waals surface area contributed by atoms with E-state index in [2.05, 4.69) is 35.0 Å². The largest absolute Gasteiger partial charge is 0.476 e. The van der Waals surface area contributed by atoms with Gasteiger partial charge in [0, 0.05) is 18.1 Å². The lowest BCUT2D eigenvalue weighted by molar-refractivity contribution is 0.205. The number of imidazole rings is 1. The zero-order valence-electron chi connectivity index (χ0n) is 20.3. The highest BCUT2D eigenvalue weighted by Crippen LogP contribution is 2.28. The molecule has 0 saturated heterocycles. The van der Waals surface area contributed by atoms with Crippen LogP contribution < -0.4 is 14.8 Å². The molecule has 11 heteroatoms. The molecular weight excluding hydrogens is 478 g/mol. The molecule has 0 spiro atoms. The molecule has 3 heterocycles. The standard InChI is InChI=1S/C25H29N7O3S/c1-16-12-26-13-17(2)21(16)32-36(33,34)20-10-8-19(9-11-20)29-25-30-23-22(27-15-28-23)24(31-25)35-14-18-6-4-3-5-7-18/h8-13,15,18H,3-7,14H2,1-2H3,(H,26,32)(H2,27,28,29,30,31). The van der Waals surface area contributed by atoms with Crippen LogP contribution >= 0.6 is 0 Å². The van der Waals surface area contributed by atoms with E-state index >= 15 is 0 Å². The molecule has 5 rings (SSSR count). The Bertz CT molecular complexity index is 1440. The van der Waals surface area contributed by atoms with E-state index in [9.17, 15) is 8.42 Å². The molecule has 1 aromatic carbocycles. The van der Waals surface area contributed by atoms with Crippen LogP contribution in [0.5, 0.6) is 5.88 Å². The highest BCUT2D eigenvalue weighted by molar-refractivity contribution is 7.92. The number of H-pyrrole nitrogens is 1. The van der Waals surface area contributed by atoms with Crippen LogP contribution in [0.4, 0.5) is 17.3 Å². The third-order valence-corrected chi connectivity index (χ3v) is 7.78. The molecular formula is C25H29N7O3S. The lowest BCUT2D eigenvalue weighted by atomic mass is 9.90. The topological polar surface area (TPSA) is 135 Å². The number of ether oxygens (including phenoxy) is 1. The van der Waals surface area contributed by atoms with Crippen molar-refractivity contribution in [3.05, 3.63) is 54.1 Å². The van der Waals surface area contributed by atoms with Gasteiger partial charge in [0.05, 0.1) is 23.5 Å². The number of aromatic nitrogens is 5. The van der Waals surface area contributed by atoms with E-state index in [-0.39, 0.29) is 4.90 Å². The number of benzene rings is 1. The Balaban J connectivity index is 1.32. The molecule has 188 valence electrons. The van der Waals surface area contributed by atoms with Gasteiger partial charge in [-0.3, -0.25) is 9.71 Å². The van der Waals surface area contributed by atoms with Crippen molar-refractivity contribution in [2.75, 3.05) is 16.6 Å². The molecule has 0 radical (unpaired) electrons. The summed E-state index contributed by atoms with van der Waals surface area (Å²) in [6.07, 6.45) is 10.9. The predicted molar refractivity (Wildman–Crippen MR) is 138 cm³/mol. The van der Waals surface area contributed by atoms with Crippen molar-refractivity contribution in [3.8, 4) is 5.88 Å². The van der Waals surface area contributed by atoms with Crippen LogP contribution in [0.3, 0.4) is 0 Å². The number of anilines is 3. The van der Waals surface area contributed by atoms with Gasteiger partial charge in [0.2, 0.25) is 11.8 Å². The van der Waals surface area contributed by atoms with Gasteiger partial charge < -0.3 is 15.0 Å². The second-order valence-corrected chi connectivity index (χ2v) is 10.9. The van der Waals surface area contributed by atoms with Gasteiger partial charge >= 0.3 is 0 Å². The van der Waals surface area contributed by atoms with E-state index in [1.807, 2.05) is 13.8 Å². The molecule has 36 heavy (non-hydrogen) atoms. The van der Waals surface area contributed by atoms with Gasteiger partial charge in [-0.1, -0.05) is 19.3 Å². The minimum absolute atomic E-state index is 0.142. The van der Waals surface area contributed by atoms with Crippen molar-refractivity contribution in [1.82, 2.24) is 24.9 Å².